The van der Waals surface area contributed by atoms with Crippen molar-refractivity contribution in [2.45, 2.75) is 77.8 Å². The monoisotopic (exact) mass is 296 g/mol. The molecule has 0 radical (unpaired) electrons. The van der Waals surface area contributed by atoms with Crippen molar-refractivity contribution in [1.29, 1.82) is 0 Å². The third-order valence-corrected chi connectivity index (χ3v) is 5.63. The number of nitrogens with zero attached hydrogens (tertiary/aromatic N) is 1. The molecule has 0 bridgehead atoms. The summed E-state index contributed by atoms with van der Waals surface area (Å²) in [4.78, 5) is 2.58. The predicted molar refractivity (Wildman–Crippen MR) is 89.5 cm³/mol. The molecule has 21 heavy (non-hydrogen) atoms. The molecule has 1 saturated carbocycles. The van der Waals surface area contributed by atoms with Crippen molar-refractivity contribution >= 4 is 0 Å². The SMILES string of the molecule is CC1CCN(CC2(CNC(C)(C)C)CCCCC2)C1CO. The van der Waals surface area contributed by atoms with Crippen LogP contribution in [0.15, 0.2) is 0 Å². The normalized spacial score (nSPS) is 30.7. The number of rotatable bonds is 5. The smallest absolute Gasteiger partial charge is 0.0589 e. The number of likely N-dealkylation sites (tertiary alicyclic amines) is 1. The fourth-order valence-electron chi connectivity index (χ4n) is 4.16. The first-order valence-electron chi connectivity index (χ1n) is 8.95. The van der Waals surface area contributed by atoms with Gasteiger partial charge in [-0.15, -0.1) is 0 Å². The fourth-order valence-corrected chi connectivity index (χ4v) is 4.16. The molecule has 2 aliphatic rings. The second-order valence-corrected chi connectivity index (χ2v) is 8.65. The minimum Gasteiger partial charge on any atom is -0.395 e. The zero-order valence-electron chi connectivity index (χ0n) is 14.6. The van der Waals surface area contributed by atoms with E-state index in [4.69, 9.17) is 0 Å². The van der Waals surface area contributed by atoms with Crippen molar-refractivity contribution in [1.82, 2.24) is 10.2 Å². The highest BCUT2D eigenvalue weighted by Crippen LogP contribution is 2.39. The molecule has 0 aromatic carbocycles. The van der Waals surface area contributed by atoms with E-state index in [1.807, 2.05) is 0 Å². The second kappa shape index (κ2) is 6.97. The highest BCUT2D eigenvalue weighted by molar-refractivity contribution is 4.94. The van der Waals surface area contributed by atoms with Crippen LogP contribution in [0.25, 0.3) is 0 Å². The predicted octanol–water partition coefficient (Wildman–Crippen LogP) is 3.03. The zero-order valence-corrected chi connectivity index (χ0v) is 14.6. The highest BCUT2D eigenvalue weighted by atomic mass is 16.3. The second-order valence-electron chi connectivity index (χ2n) is 8.65. The van der Waals surface area contributed by atoms with Gasteiger partial charge in [0.1, 0.15) is 0 Å². The maximum atomic E-state index is 9.72. The van der Waals surface area contributed by atoms with Crippen LogP contribution in [0.4, 0.5) is 0 Å². The first kappa shape index (κ1) is 17.2. The third kappa shape index (κ3) is 4.67. The van der Waals surface area contributed by atoms with Crippen LogP contribution in [0.2, 0.25) is 0 Å². The van der Waals surface area contributed by atoms with E-state index in [-0.39, 0.29) is 5.54 Å². The Morgan fingerprint density at radius 3 is 2.43 bits per heavy atom. The van der Waals surface area contributed by atoms with Gasteiger partial charge in [0.25, 0.3) is 0 Å². The maximum Gasteiger partial charge on any atom is 0.0589 e. The summed E-state index contributed by atoms with van der Waals surface area (Å²) in [5.41, 5.74) is 0.613. The van der Waals surface area contributed by atoms with Crippen molar-refractivity contribution in [3.05, 3.63) is 0 Å². The van der Waals surface area contributed by atoms with Gasteiger partial charge in [0.05, 0.1) is 6.61 Å². The molecule has 0 aromatic rings. The van der Waals surface area contributed by atoms with Gasteiger partial charge in [-0.1, -0.05) is 26.2 Å². The summed E-state index contributed by atoms with van der Waals surface area (Å²) in [6, 6.07) is 0.387. The van der Waals surface area contributed by atoms with Crippen LogP contribution in [0, 0.1) is 11.3 Å². The van der Waals surface area contributed by atoms with Crippen molar-refractivity contribution in [2.24, 2.45) is 11.3 Å². The Balaban J connectivity index is 2.02. The Morgan fingerprint density at radius 1 is 1.19 bits per heavy atom. The fraction of sp³-hybridized carbons (Fsp3) is 1.00. The van der Waals surface area contributed by atoms with Crippen molar-refractivity contribution < 1.29 is 5.11 Å². The van der Waals surface area contributed by atoms with Crippen molar-refractivity contribution in [2.75, 3.05) is 26.2 Å². The van der Waals surface area contributed by atoms with E-state index in [2.05, 4.69) is 37.9 Å². The van der Waals surface area contributed by atoms with Crippen LogP contribution in [0.3, 0.4) is 0 Å². The van der Waals surface area contributed by atoms with E-state index < -0.39 is 0 Å². The van der Waals surface area contributed by atoms with Gasteiger partial charge in [-0.3, -0.25) is 4.90 Å². The minimum atomic E-state index is 0.194. The largest absolute Gasteiger partial charge is 0.395 e. The number of aliphatic hydroxyl groups excluding tert-OH is 1. The van der Waals surface area contributed by atoms with E-state index in [0.717, 1.165) is 6.54 Å². The van der Waals surface area contributed by atoms with Gasteiger partial charge in [-0.2, -0.15) is 0 Å². The Morgan fingerprint density at radius 2 is 1.86 bits per heavy atom. The maximum absolute atomic E-state index is 9.72. The lowest BCUT2D eigenvalue weighted by Gasteiger charge is -2.43. The van der Waals surface area contributed by atoms with Crippen LogP contribution in [-0.2, 0) is 0 Å². The number of hydrogen-bond donors (Lipinski definition) is 2. The molecule has 2 N–H and O–H groups in total. The summed E-state index contributed by atoms with van der Waals surface area (Å²) in [5, 5.41) is 13.5. The van der Waals surface area contributed by atoms with Crippen LogP contribution in [-0.4, -0.2) is 47.8 Å². The topological polar surface area (TPSA) is 35.5 Å². The molecular formula is C18H36N2O. The van der Waals surface area contributed by atoms with Crippen LogP contribution >= 0.6 is 0 Å². The molecule has 2 rings (SSSR count). The van der Waals surface area contributed by atoms with E-state index in [1.54, 1.807) is 0 Å². The molecule has 2 atom stereocenters. The van der Waals surface area contributed by atoms with Crippen LogP contribution in [0.1, 0.15) is 66.2 Å². The molecule has 1 aliphatic heterocycles. The summed E-state index contributed by atoms with van der Waals surface area (Å²) in [5.74, 6) is 0.645. The number of aliphatic hydroxyl groups is 1. The summed E-state index contributed by atoms with van der Waals surface area (Å²) in [7, 11) is 0. The molecule has 2 unspecified atom stereocenters. The molecule has 3 heteroatoms. The third-order valence-electron chi connectivity index (χ3n) is 5.63. The zero-order chi connectivity index (χ0) is 15.5. The highest BCUT2D eigenvalue weighted by Gasteiger charge is 2.39. The van der Waals surface area contributed by atoms with Crippen LogP contribution in [0.5, 0.6) is 0 Å². The molecule has 3 nitrogen and oxygen atoms in total. The summed E-state index contributed by atoms with van der Waals surface area (Å²) >= 11 is 0. The van der Waals surface area contributed by atoms with Gasteiger partial charge in [-0.25, -0.2) is 0 Å². The molecule has 124 valence electrons. The van der Waals surface area contributed by atoms with E-state index in [0.29, 0.717) is 24.0 Å². The van der Waals surface area contributed by atoms with Gasteiger partial charge in [0.2, 0.25) is 0 Å². The number of hydrogen-bond acceptors (Lipinski definition) is 3. The molecule has 0 spiro atoms. The standard InChI is InChI=1S/C18H36N2O/c1-15-8-11-20(16(15)12-21)14-18(9-6-5-7-10-18)13-19-17(2,3)4/h15-16,19,21H,5-14H2,1-4H3. The quantitative estimate of drug-likeness (QED) is 0.818. The van der Waals surface area contributed by atoms with Gasteiger partial charge in [-0.05, 0) is 57.9 Å². The molecule has 1 aliphatic carbocycles. The average molecular weight is 296 g/mol. The Hall–Kier alpha value is -0.120. The van der Waals surface area contributed by atoms with Gasteiger partial charge < -0.3 is 10.4 Å². The lowest BCUT2D eigenvalue weighted by Crippen LogP contribution is -2.51. The Labute approximate surface area is 131 Å². The molecule has 0 amide bonds. The van der Waals surface area contributed by atoms with Gasteiger partial charge >= 0.3 is 0 Å². The van der Waals surface area contributed by atoms with Gasteiger partial charge in [0.15, 0.2) is 0 Å². The lowest BCUT2D eigenvalue weighted by molar-refractivity contribution is 0.0613. The van der Waals surface area contributed by atoms with Gasteiger partial charge in [0, 0.05) is 24.7 Å². The molecule has 1 heterocycles. The summed E-state index contributed by atoms with van der Waals surface area (Å²) in [6.07, 6.45) is 8.08. The minimum absolute atomic E-state index is 0.194. The molecule has 2 fully saturated rings. The van der Waals surface area contributed by atoms with E-state index in [9.17, 15) is 5.11 Å². The molecular weight excluding hydrogens is 260 g/mol. The first-order chi connectivity index (χ1) is 9.85. The lowest BCUT2D eigenvalue weighted by atomic mass is 9.73. The molecule has 0 aromatic heterocycles. The summed E-state index contributed by atoms with van der Waals surface area (Å²) in [6.45, 7) is 12.9. The summed E-state index contributed by atoms with van der Waals surface area (Å²) < 4.78 is 0. The Bertz CT molecular complexity index is 318. The molecule has 1 saturated heterocycles. The van der Waals surface area contributed by atoms with E-state index in [1.165, 1.54) is 51.6 Å². The number of nitrogens with one attached hydrogen (secondary N) is 1. The van der Waals surface area contributed by atoms with Crippen molar-refractivity contribution in [3.8, 4) is 0 Å². The van der Waals surface area contributed by atoms with Crippen molar-refractivity contribution in [3.63, 3.8) is 0 Å². The van der Waals surface area contributed by atoms with Crippen LogP contribution < -0.4 is 5.32 Å². The Kier molecular flexibility index (Phi) is 5.72. The first-order valence-corrected chi connectivity index (χ1v) is 8.95. The average Bonchev–Trinajstić information content (AvgIpc) is 2.77. The van der Waals surface area contributed by atoms with E-state index >= 15 is 0 Å².